The van der Waals surface area contributed by atoms with Crippen molar-refractivity contribution in [2.75, 3.05) is 0 Å². The Bertz CT molecular complexity index is 211. The van der Waals surface area contributed by atoms with Gasteiger partial charge in [0.15, 0.2) is 5.78 Å². The number of rotatable bonds is 5. The minimum Gasteiger partial charge on any atom is -0.292 e. The Hall–Kier alpha value is 1.14. The topological polar surface area (TPSA) is 17.1 Å². The summed E-state index contributed by atoms with van der Waals surface area (Å²) in [6, 6.07) is 0. The second-order valence-corrected chi connectivity index (χ2v) is 6.52. The van der Waals surface area contributed by atoms with Gasteiger partial charge < -0.3 is 0 Å². The molecular weight excluding hydrogens is 387 g/mol. The van der Waals surface area contributed by atoms with Crippen LogP contribution < -0.4 is 0 Å². The largest absolute Gasteiger partial charge is 0.292 e. The van der Waals surface area contributed by atoms with Gasteiger partial charge in [-0.25, -0.2) is 0 Å². The molecule has 1 atom stereocenters. The van der Waals surface area contributed by atoms with Gasteiger partial charge in [0, 0.05) is 0 Å². The molecule has 0 aromatic carbocycles. The van der Waals surface area contributed by atoms with Crippen molar-refractivity contribution in [3.63, 3.8) is 0 Å². The number of unbranched alkanes of at least 4 members (excludes halogenated alkanes) is 1. The number of ketones is 1. The Labute approximate surface area is 109 Å². The van der Waals surface area contributed by atoms with Crippen LogP contribution in [0.4, 0.5) is 0 Å². The van der Waals surface area contributed by atoms with E-state index in [4.69, 9.17) is 11.6 Å². The van der Waals surface area contributed by atoms with Crippen molar-refractivity contribution in [3.05, 3.63) is 7.87 Å². The van der Waals surface area contributed by atoms with Gasteiger partial charge in [0.25, 0.3) is 0 Å². The molecule has 0 radical (unpaired) electrons. The smallest absolute Gasteiger partial charge is 0.189 e. The molecule has 0 bridgehead atoms. The number of Topliss-reactive ketones (excluding diaryl/α,β-unsaturated/α-hetero) is 1. The average molecular weight is 397 g/mol. The highest BCUT2D eigenvalue weighted by Gasteiger charge is 2.19. The molecule has 5 heteroatoms. The summed E-state index contributed by atoms with van der Waals surface area (Å²) in [5, 5.41) is -0.431. The van der Waals surface area contributed by atoms with Crippen LogP contribution in [-0.2, 0) is 4.79 Å². The molecule has 1 unspecified atom stereocenters. The van der Waals surface area contributed by atoms with Gasteiger partial charge in [-0.2, -0.15) is 0 Å². The van der Waals surface area contributed by atoms with E-state index in [-0.39, 0.29) is 5.78 Å². The number of hydrogen-bond acceptors (Lipinski definition) is 1. The number of carbonyl (C=O) groups excluding carboxylic acids is 1. The summed E-state index contributed by atoms with van der Waals surface area (Å²) in [6.45, 7) is 2.07. The SMILES string of the molecule is CCCCC(Cl)C(=O)C(Br)=C(Br)Br. The van der Waals surface area contributed by atoms with E-state index < -0.39 is 5.38 Å². The molecule has 0 saturated heterocycles. The van der Waals surface area contributed by atoms with Crippen molar-refractivity contribution in [2.24, 2.45) is 0 Å². The molecule has 0 aromatic heterocycles. The molecule has 0 aliphatic rings. The van der Waals surface area contributed by atoms with Gasteiger partial charge in [-0.15, -0.1) is 11.6 Å². The average Bonchev–Trinajstić information content (AvgIpc) is 2.11. The van der Waals surface area contributed by atoms with E-state index in [0.29, 0.717) is 7.87 Å². The maximum absolute atomic E-state index is 11.5. The molecule has 0 heterocycles. The van der Waals surface area contributed by atoms with Crippen LogP contribution in [0.2, 0.25) is 0 Å². The van der Waals surface area contributed by atoms with E-state index in [1.807, 2.05) is 0 Å². The quantitative estimate of drug-likeness (QED) is 0.485. The third-order valence-corrected chi connectivity index (χ3v) is 4.54. The summed E-state index contributed by atoms with van der Waals surface area (Å²) in [7, 11) is 0. The third kappa shape index (κ3) is 5.55. The minimum atomic E-state index is -0.431. The maximum atomic E-state index is 11.5. The van der Waals surface area contributed by atoms with Crippen LogP contribution in [-0.4, -0.2) is 11.2 Å². The number of alkyl halides is 1. The van der Waals surface area contributed by atoms with Crippen LogP contribution >= 0.6 is 59.4 Å². The first kappa shape index (κ1) is 14.1. The normalized spacial score (nSPS) is 12.4. The zero-order chi connectivity index (χ0) is 10.4. The summed E-state index contributed by atoms with van der Waals surface area (Å²) < 4.78 is 1.07. The van der Waals surface area contributed by atoms with Crippen LogP contribution in [0.1, 0.15) is 26.2 Å². The van der Waals surface area contributed by atoms with Crippen molar-refractivity contribution < 1.29 is 4.79 Å². The lowest BCUT2D eigenvalue weighted by Gasteiger charge is -2.06. The number of halogens is 4. The Balaban J connectivity index is 4.19. The maximum Gasteiger partial charge on any atom is 0.189 e. The van der Waals surface area contributed by atoms with E-state index >= 15 is 0 Å². The van der Waals surface area contributed by atoms with Crippen molar-refractivity contribution >= 4 is 65.2 Å². The summed E-state index contributed by atoms with van der Waals surface area (Å²) in [5.74, 6) is -0.0844. The molecule has 0 fully saturated rings. The van der Waals surface area contributed by atoms with Gasteiger partial charge in [0.05, 0.1) is 13.3 Å². The molecule has 0 spiro atoms. The third-order valence-electron chi connectivity index (χ3n) is 1.48. The molecule has 0 N–H and O–H groups in total. The molecule has 0 aromatic rings. The Morgan fingerprint density at radius 3 is 2.31 bits per heavy atom. The van der Waals surface area contributed by atoms with Gasteiger partial charge in [0.1, 0.15) is 0 Å². The van der Waals surface area contributed by atoms with Gasteiger partial charge in [0.2, 0.25) is 0 Å². The zero-order valence-corrected chi connectivity index (χ0v) is 12.6. The lowest BCUT2D eigenvalue weighted by Crippen LogP contribution is -2.14. The predicted molar refractivity (Wildman–Crippen MR) is 68.0 cm³/mol. The fraction of sp³-hybridized carbons (Fsp3) is 0.625. The van der Waals surface area contributed by atoms with Crippen LogP contribution in [0.5, 0.6) is 0 Å². The van der Waals surface area contributed by atoms with Gasteiger partial charge in [-0.3, -0.25) is 4.79 Å². The van der Waals surface area contributed by atoms with E-state index in [1.54, 1.807) is 0 Å². The van der Waals surface area contributed by atoms with Gasteiger partial charge in [-0.05, 0) is 54.2 Å². The standard InChI is InChI=1S/C8H10Br3ClO/c1-2-3-4-5(12)7(13)6(9)8(10)11/h5H,2-4H2,1H3. The van der Waals surface area contributed by atoms with Crippen LogP contribution in [0.15, 0.2) is 7.87 Å². The van der Waals surface area contributed by atoms with Gasteiger partial charge >= 0.3 is 0 Å². The lowest BCUT2D eigenvalue weighted by atomic mass is 10.1. The Kier molecular flexibility index (Phi) is 8.09. The molecule has 13 heavy (non-hydrogen) atoms. The molecule has 0 rings (SSSR count). The number of hydrogen-bond donors (Lipinski definition) is 0. The first-order valence-electron chi connectivity index (χ1n) is 3.89. The molecule has 1 nitrogen and oxygen atoms in total. The monoisotopic (exact) mass is 394 g/mol. The van der Waals surface area contributed by atoms with E-state index in [0.717, 1.165) is 19.3 Å². The summed E-state index contributed by atoms with van der Waals surface area (Å²) in [6.07, 6.45) is 2.74. The highest BCUT2D eigenvalue weighted by Crippen LogP contribution is 2.27. The van der Waals surface area contributed by atoms with Crippen LogP contribution in [0.3, 0.4) is 0 Å². The molecule has 76 valence electrons. The molecule has 0 aliphatic carbocycles. The zero-order valence-electron chi connectivity index (χ0n) is 7.12. The van der Waals surface area contributed by atoms with Crippen molar-refractivity contribution in [1.29, 1.82) is 0 Å². The van der Waals surface area contributed by atoms with Crippen LogP contribution in [0.25, 0.3) is 0 Å². The van der Waals surface area contributed by atoms with E-state index in [1.165, 1.54) is 0 Å². The van der Waals surface area contributed by atoms with E-state index in [9.17, 15) is 4.79 Å². The molecule has 0 aliphatic heterocycles. The lowest BCUT2D eigenvalue weighted by molar-refractivity contribution is -0.114. The molecule has 0 saturated carbocycles. The predicted octanol–water partition coefficient (Wildman–Crippen LogP) is 4.71. The second-order valence-electron chi connectivity index (χ2n) is 2.55. The molecular formula is C8H10Br3ClO. The fourth-order valence-corrected chi connectivity index (χ4v) is 1.81. The minimum absolute atomic E-state index is 0.0844. The first-order valence-corrected chi connectivity index (χ1v) is 6.71. The summed E-state index contributed by atoms with van der Waals surface area (Å²) in [5.41, 5.74) is 0. The molecule has 0 amide bonds. The number of carbonyl (C=O) groups is 1. The van der Waals surface area contributed by atoms with Crippen molar-refractivity contribution in [1.82, 2.24) is 0 Å². The summed E-state index contributed by atoms with van der Waals surface area (Å²) >= 11 is 15.3. The number of allylic oxidation sites excluding steroid dienone is 1. The van der Waals surface area contributed by atoms with Crippen molar-refractivity contribution in [3.8, 4) is 0 Å². The van der Waals surface area contributed by atoms with Crippen molar-refractivity contribution in [2.45, 2.75) is 31.6 Å². The van der Waals surface area contributed by atoms with Crippen LogP contribution in [0, 0.1) is 0 Å². The highest BCUT2D eigenvalue weighted by molar-refractivity contribution is 9.29. The Morgan fingerprint density at radius 2 is 1.92 bits per heavy atom. The second kappa shape index (κ2) is 7.43. The van der Waals surface area contributed by atoms with E-state index in [2.05, 4.69) is 54.7 Å². The first-order chi connectivity index (χ1) is 6.00. The summed E-state index contributed by atoms with van der Waals surface area (Å²) in [4.78, 5) is 11.5. The van der Waals surface area contributed by atoms with Gasteiger partial charge in [-0.1, -0.05) is 19.8 Å². The highest BCUT2D eigenvalue weighted by atomic mass is 79.9. The Morgan fingerprint density at radius 1 is 1.38 bits per heavy atom. The fourth-order valence-electron chi connectivity index (χ4n) is 0.745.